The highest BCUT2D eigenvalue weighted by molar-refractivity contribution is 7.09. The molecule has 0 unspecified atom stereocenters. The van der Waals surface area contributed by atoms with E-state index in [2.05, 4.69) is 10.3 Å². The van der Waals surface area contributed by atoms with Crippen molar-refractivity contribution in [3.8, 4) is 5.75 Å². The van der Waals surface area contributed by atoms with Crippen LogP contribution in [0, 0.1) is 6.92 Å². The molecule has 0 saturated heterocycles. The molecule has 2 rings (SSSR count). The number of phenolic OH excluding ortho intramolecular Hbond substituents is 1. The van der Waals surface area contributed by atoms with Gasteiger partial charge in [0.2, 0.25) is 0 Å². The molecular weight excluding hydrogens is 208 g/mol. The van der Waals surface area contributed by atoms with Crippen LogP contribution in [0.3, 0.4) is 0 Å². The molecule has 1 heterocycles. The largest absolute Gasteiger partial charge is 0.508 e. The summed E-state index contributed by atoms with van der Waals surface area (Å²) in [6, 6.07) is 5.29. The third-order valence-corrected chi connectivity index (χ3v) is 2.90. The van der Waals surface area contributed by atoms with Crippen LogP contribution in [0.15, 0.2) is 29.8 Å². The lowest BCUT2D eigenvalue weighted by atomic mass is 10.2. The molecule has 15 heavy (non-hydrogen) atoms. The van der Waals surface area contributed by atoms with E-state index >= 15 is 0 Å². The molecule has 0 atom stereocenters. The van der Waals surface area contributed by atoms with Crippen molar-refractivity contribution < 1.29 is 5.11 Å². The fourth-order valence-electron chi connectivity index (χ4n) is 1.36. The van der Waals surface area contributed by atoms with E-state index in [0.29, 0.717) is 5.75 Å². The molecule has 0 aliphatic rings. The molecule has 2 N–H and O–H groups in total. The van der Waals surface area contributed by atoms with Crippen molar-refractivity contribution in [3.05, 3.63) is 40.3 Å². The normalized spacial score (nSPS) is 10.2. The average molecular weight is 220 g/mol. The van der Waals surface area contributed by atoms with Crippen LogP contribution in [0.5, 0.6) is 5.75 Å². The Bertz CT molecular complexity index is 440. The second-order valence-corrected chi connectivity index (χ2v) is 4.26. The van der Waals surface area contributed by atoms with Crippen LogP contribution in [0.4, 0.5) is 5.69 Å². The van der Waals surface area contributed by atoms with Gasteiger partial charge in [-0.15, -0.1) is 11.3 Å². The molecule has 1 aromatic heterocycles. The molecule has 3 nitrogen and oxygen atoms in total. The number of hydrogen-bond acceptors (Lipinski definition) is 4. The highest BCUT2D eigenvalue weighted by atomic mass is 32.1. The smallest absolute Gasteiger partial charge is 0.115 e. The summed E-state index contributed by atoms with van der Waals surface area (Å²) in [5, 5.41) is 15.5. The van der Waals surface area contributed by atoms with E-state index in [9.17, 15) is 5.11 Å². The van der Waals surface area contributed by atoms with Crippen LogP contribution in [0.2, 0.25) is 0 Å². The highest BCUT2D eigenvalue weighted by Crippen LogP contribution is 2.20. The first-order chi connectivity index (χ1) is 7.25. The monoisotopic (exact) mass is 220 g/mol. The van der Waals surface area contributed by atoms with Gasteiger partial charge in [-0.3, -0.25) is 0 Å². The van der Waals surface area contributed by atoms with Crippen LogP contribution >= 0.6 is 11.3 Å². The molecule has 0 radical (unpaired) electrons. The Hall–Kier alpha value is -1.55. The first-order valence-corrected chi connectivity index (χ1v) is 5.55. The number of rotatable bonds is 3. The van der Waals surface area contributed by atoms with E-state index < -0.39 is 0 Å². The predicted molar refractivity (Wildman–Crippen MR) is 62.3 cm³/mol. The Morgan fingerprint density at radius 3 is 3.00 bits per heavy atom. The first-order valence-electron chi connectivity index (χ1n) is 4.67. The number of aromatic hydroxyl groups is 1. The van der Waals surface area contributed by atoms with E-state index in [1.165, 1.54) is 0 Å². The number of nitrogens with one attached hydrogen (secondary N) is 1. The maximum absolute atomic E-state index is 9.25. The molecule has 0 fully saturated rings. The van der Waals surface area contributed by atoms with E-state index in [0.717, 1.165) is 22.8 Å². The highest BCUT2D eigenvalue weighted by Gasteiger charge is 2.00. The molecule has 0 aliphatic heterocycles. The van der Waals surface area contributed by atoms with Crippen molar-refractivity contribution in [2.75, 3.05) is 5.32 Å². The minimum absolute atomic E-state index is 0.298. The number of anilines is 1. The van der Waals surface area contributed by atoms with Gasteiger partial charge in [-0.05, 0) is 30.7 Å². The Balaban J connectivity index is 2.05. The second kappa shape index (κ2) is 4.31. The van der Waals surface area contributed by atoms with E-state index in [-0.39, 0.29) is 0 Å². The molecule has 0 bridgehead atoms. The fraction of sp³-hybridized carbons (Fsp3) is 0.182. The predicted octanol–water partition coefficient (Wildman–Crippen LogP) is 2.77. The summed E-state index contributed by atoms with van der Waals surface area (Å²) in [7, 11) is 0. The van der Waals surface area contributed by atoms with Gasteiger partial charge in [0.05, 0.1) is 6.54 Å². The van der Waals surface area contributed by atoms with Crippen molar-refractivity contribution in [1.82, 2.24) is 4.98 Å². The lowest BCUT2D eigenvalue weighted by Gasteiger charge is -2.07. The summed E-state index contributed by atoms with van der Waals surface area (Å²) < 4.78 is 0. The van der Waals surface area contributed by atoms with Gasteiger partial charge < -0.3 is 10.4 Å². The topological polar surface area (TPSA) is 45.1 Å². The summed E-state index contributed by atoms with van der Waals surface area (Å²) in [6.45, 7) is 2.69. The Kier molecular flexibility index (Phi) is 2.87. The molecule has 0 amide bonds. The number of aryl methyl sites for hydroxylation is 1. The third kappa shape index (κ3) is 2.47. The van der Waals surface area contributed by atoms with Crippen molar-refractivity contribution >= 4 is 17.0 Å². The SMILES string of the molecule is Cc1cc(O)ccc1NCc1nccs1. The van der Waals surface area contributed by atoms with E-state index in [1.54, 1.807) is 29.7 Å². The summed E-state index contributed by atoms with van der Waals surface area (Å²) in [5.74, 6) is 0.298. The molecule has 78 valence electrons. The summed E-state index contributed by atoms with van der Waals surface area (Å²) in [5.41, 5.74) is 2.06. The van der Waals surface area contributed by atoms with Gasteiger partial charge in [-0.2, -0.15) is 0 Å². The summed E-state index contributed by atoms with van der Waals surface area (Å²) in [6.07, 6.45) is 1.80. The lowest BCUT2D eigenvalue weighted by Crippen LogP contribution is -2.00. The number of nitrogens with zero attached hydrogens (tertiary/aromatic N) is 1. The first kappa shape index (κ1) is 9.98. The Labute approximate surface area is 92.4 Å². The van der Waals surface area contributed by atoms with Gasteiger partial charge in [-0.25, -0.2) is 4.98 Å². The van der Waals surface area contributed by atoms with Crippen molar-refractivity contribution in [2.24, 2.45) is 0 Å². The van der Waals surface area contributed by atoms with Crippen LogP contribution in [0.25, 0.3) is 0 Å². The number of thiazole rings is 1. The van der Waals surface area contributed by atoms with Crippen molar-refractivity contribution in [3.63, 3.8) is 0 Å². The Morgan fingerprint density at radius 1 is 1.47 bits per heavy atom. The number of aromatic nitrogens is 1. The number of hydrogen-bond donors (Lipinski definition) is 2. The second-order valence-electron chi connectivity index (χ2n) is 3.28. The van der Waals surface area contributed by atoms with Gasteiger partial charge in [0.15, 0.2) is 0 Å². The van der Waals surface area contributed by atoms with Crippen LogP contribution in [-0.2, 0) is 6.54 Å². The molecular formula is C11H12N2OS. The van der Waals surface area contributed by atoms with Crippen LogP contribution in [-0.4, -0.2) is 10.1 Å². The number of phenols is 1. The number of benzene rings is 1. The average Bonchev–Trinajstić information content (AvgIpc) is 2.69. The fourth-order valence-corrected chi connectivity index (χ4v) is 1.91. The van der Waals surface area contributed by atoms with Gasteiger partial charge in [0.1, 0.15) is 10.8 Å². The molecule has 0 spiro atoms. The zero-order valence-electron chi connectivity index (χ0n) is 8.40. The quantitative estimate of drug-likeness (QED) is 0.782. The minimum atomic E-state index is 0.298. The molecule has 1 aromatic carbocycles. The van der Waals surface area contributed by atoms with E-state index in [1.807, 2.05) is 18.4 Å². The zero-order valence-corrected chi connectivity index (χ0v) is 9.21. The van der Waals surface area contributed by atoms with Crippen molar-refractivity contribution in [2.45, 2.75) is 13.5 Å². The van der Waals surface area contributed by atoms with Gasteiger partial charge >= 0.3 is 0 Å². The summed E-state index contributed by atoms with van der Waals surface area (Å²) >= 11 is 1.63. The molecule has 0 saturated carbocycles. The summed E-state index contributed by atoms with van der Waals surface area (Å²) in [4.78, 5) is 4.19. The Morgan fingerprint density at radius 2 is 2.33 bits per heavy atom. The van der Waals surface area contributed by atoms with Crippen LogP contribution < -0.4 is 5.32 Å². The third-order valence-electron chi connectivity index (χ3n) is 2.12. The van der Waals surface area contributed by atoms with Gasteiger partial charge in [0.25, 0.3) is 0 Å². The maximum Gasteiger partial charge on any atom is 0.115 e. The standard InChI is InChI=1S/C11H12N2OS/c1-8-6-9(14)2-3-10(8)13-7-11-12-4-5-15-11/h2-6,13-14H,7H2,1H3. The van der Waals surface area contributed by atoms with Crippen molar-refractivity contribution in [1.29, 1.82) is 0 Å². The lowest BCUT2D eigenvalue weighted by molar-refractivity contribution is 0.475. The van der Waals surface area contributed by atoms with E-state index in [4.69, 9.17) is 0 Å². The molecule has 2 aromatic rings. The zero-order chi connectivity index (χ0) is 10.7. The van der Waals surface area contributed by atoms with Crippen LogP contribution in [0.1, 0.15) is 10.6 Å². The molecule has 0 aliphatic carbocycles. The minimum Gasteiger partial charge on any atom is -0.508 e. The maximum atomic E-state index is 9.25. The van der Waals surface area contributed by atoms with Gasteiger partial charge in [0, 0.05) is 17.3 Å². The van der Waals surface area contributed by atoms with Gasteiger partial charge in [-0.1, -0.05) is 0 Å². The molecule has 4 heteroatoms.